The van der Waals surface area contributed by atoms with Crippen molar-refractivity contribution in [1.29, 1.82) is 0 Å². The molecule has 174 valence electrons. The molecule has 4 nitrogen and oxygen atoms in total. The summed E-state index contributed by atoms with van der Waals surface area (Å²) < 4.78 is 0. The molecule has 1 aromatic carbocycles. The standard InChI is InChI=1S/C27H46N4/c1-4-6-8-10-12-16-21-31(22-17-13-11-9-7-5-2)23-20-26-27(29-30-28-26)25-19-15-14-18-24(25)3/h14-15,18-19H,4-13,16-17,20-23H2,1-3H3,(H,28,29,30). The van der Waals surface area contributed by atoms with E-state index in [1.165, 1.54) is 101 Å². The van der Waals surface area contributed by atoms with Gasteiger partial charge in [-0.3, -0.25) is 0 Å². The van der Waals surface area contributed by atoms with Crippen molar-refractivity contribution in [3.63, 3.8) is 0 Å². The van der Waals surface area contributed by atoms with E-state index in [1.54, 1.807) is 0 Å². The Morgan fingerprint density at radius 1 is 0.710 bits per heavy atom. The molecule has 0 bridgehead atoms. The zero-order chi connectivity index (χ0) is 22.2. The van der Waals surface area contributed by atoms with Crippen LogP contribution in [-0.4, -0.2) is 39.9 Å². The predicted molar refractivity (Wildman–Crippen MR) is 133 cm³/mol. The third kappa shape index (κ3) is 9.99. The molecule has 0 radical (unpaired) electrons. The van der Waals surface area contributed by atoms with Gasteiger partial charge in [-0.25, -0.2) is 0 Å². The van der Waals surface area contributed by atoms with E-state index in [0.29, 0.717) is 0 Å². The Morgan fingerprint density at radius 3 is 1.90 bits per heavy atom. The quantitative estimate of drug-likeness (QED) is 0.253. The number of rotatable bonds is 18. The average molecular weight is 427 g/mol. The Balaban J connectivity index is 1.85. The zero-order valence-corrected chi connectivity index (χ0v) is 20.5. The Morgan fingerprint density at radius 2 is 1.29 bits per heavy atom. The molecule has 1 heterocycles. The number of hydrogen-bond donors (Lipinski definition) is 1. The van der Waals surface area contributed by atoms with E-state index < -0.39 is 0 Å². The second kappa shape index (κ2) is 16.0. The molecule has 2 rings (SSSR count). The summed E-state index contributed by atoms with van der Waals surface area (Å²) in [5, 5.41) is 11.9. The number of unbranched alkanes of at least 4 members (excludes halogenated alkanes) is 10. The summed E-state index contributed by atoms with van der Waals surface area (Å²) in [6, 6.07) is 8.48. The summed E-state index contributed by atoms with van der Waals surface area (Å²) in [7, 11) is 0. The topological polar surface area (TPSA) is 44.8 Å². The van der Waals surface area contributed by atoms with E-state index in [4.69, 9.17) is 0 Å². The second-order valence-electron chi connectivity index (χ2n) is 9.06. The Labute approximate surface area is 191 Å². The van der Waals surface area contributed by atoms with Gasteiger partial charge in [-0.1, -0.05) is 102 Å². The number of aromatic amines is 1. The molecule has 0 saturated carbocycles. The highest BCUT2D eigenvalue weighted by molar-refractivity contribution is 5.65. The highest BCUT2D eigenvalue weighted by Gasteiger charge is 2.14. The lowest BCUT2D eigenvalue weighted by atomic mass is 10.0. The van der Waals surface area contributed by atoms with Crippen molar-refractivity contribution in [2.24, 2.45) is 0 Å². The first-order valence-electron chi connectivity index (χ1n) is 12.9. The number of benzene rings is 1. The predicted octanol–water partition coefficient (Wildman–Crippen LogP) is 7.35. The van der Waals surface area contributed by atoms with Gasteiger partial charge in [-0.2, -0.15) is 15.4 Å². The Bertz CT molecular complexity index is 678. The largest absolute Gasteiger partial charge is 0.303 e. The third-order valence-corrected chi connectivity index (χ3v) is 6.34. The van der Waals surface area contributed by atoms with Crippen molar-refractivity contribution in [2.75, 3.05) is 19.6 Å². The van der Waals surface area contributed by atoms with Crippen molar-refractivity contribution < 1.29 is 0 Å². The zero-order valence-electron chi connectivity index (χ0n) is 20.5. The maximum Gasteiger partial charge on any atom is 0.116 e. The van der Waals surface area contributed by atoms with Gasteiger partial charge in [0, 0.05) is 18.5 Å². The van der Waals surface area contributed by atoms with E-state index in [0.717, 1.165) is 24.4 Å². The van der Waals surface area contributed by atoms with Crippen LogP contribution >= 0.6 is 0 Å². The Kier molecular flexibility index (Phi) is 13.2. The molecule has 2 aromatic rings. The van der Waals surface area contributed by atoms with Gasteiger partial charge >= 0.3 is 0 Å². The van der Waals surface area contributed by atoms with Crippen LogP contribution in [0.4, 0.5) is 0 Å². The van der Waals surface area contributed by atoms with Gasteiger partial charge < -0.3 is 4.90 Å². The summed E-state index contributed by atoms with van der Waals surface area (Å²) in [6.45, 7) is 10.2. The number of nitrogens with one attached hydrogen (secondary N) is 1. The molecule has 1 N–H and O–H groups in total. The van der Waals surface area contributed by atoms with Crippen LogP contribution in [0.2, 0.25) is 0 Å². The molecule has 0 aliphatic carbocycles. The van der Waals surface area contributed by atoms with Crippen LogP contribution in [0, 0.1) is 6.92 Å². The number of hydrogen-bond acceptors (Lipinski definition) is 3. The third-order valence-electron chi connectivity index (χ3n) is 6.34. The number of nitrogens with zero attached hydrogens (tertiary/aromatic N) is 3. The summed E-state index contributed by atoms with van der Waals surface area (Å²) in [4.78, 5) is 2.68. The van der Waals surface area contributed by atoms with Crippen LogP contribution in [0.3, 0.4) is 0 Å². The maximum absolute atomic E-state index is 4.50. The molecule has 0 saturated heterocycles. The first kappa shape index (κ1) is 25.6. The number of aryl methyl sites for hydroxylation is 1. The van der Waals surface area contributed by atoms with Gasteiger partial charge in [0.05, 0.1) is 5.69 Å². The lowest BCUT2D eigenvalue weighted by molar-refractivity contribution is 0.262. The average Bonchev–Trinajstić information content (AvgIpc) is 3.24. The molecular formula is C27H46N4. The summed E-state index contributed by atoms with van der Waals surface area (Å²) in [6.07, 6.45) is 17.3. The molecular weight excluding hydrogens is 380 g/mol. The summed E-state index contributed by atoms with van der Waals surface area (Å²) in [5.74, 6) is 0. The number of aromatic nitrogens is 3. The van der Waals surface area contributed by atoms with E-state index in [1.807, 2.05) is 0 Å². The van der Waals surface area contributed by atoms with Crippen LogP contribution in [0.15, 0.2) is 24.3 Å². The molecule has 0 spiro atoms. The van der Waals surface area contributed by atoms with Gasteiger partial charge in [-0.15, -0.1) is 0 Å². The minimum atomic E-state index is 0.964. The molecule has 0 atom stereocenters. The van der Waals surface area contributed by atoms with Gasteiger partial charge in [0.2, 0.25) is 0 Å². The number of H-pyrrole nitrogens is 1. The normalized spacial score (nSPS) is 11.5. The Hall–Kier alpha value is -1.68. The van der Waals surface area contributed by atoms with Crippen LogP contribution in [0.25, 0.3) is 11.3 Å². The van der Waals surface area contributed by atoms with E-state index in [-0.39, 0.29) is 0 Å². The van der Waals surface area contributed by atoms with Crippen molar-refractivity contribution >= 4 is 0 Å². The van der Waals surface area contributed by atoms with Gasteiger partial charge in [0.15, 0.2) is 0 Å². The first-order valence-corrected chi connectivity index (χ1v) is 12.9. The van der Waals surface area contributed by atoms with Crippen LogP contribution in [-0.2, 0) is 6.42 Å². The highest BCUT2D eigenvalue weighted by atomic mass is 15.3. The smallest absolute Gasteiger partial charge is 0.116 e. The molecule has 0 unspecified atom stereocenters. The molecule has 31 heavy (non-hydrogen) atoms. The molecule has 4 heteroatoms. The first-order chi connectivity index (χ1) is 15.3. The summed E-state index contributed by atoms with van der Waals surface area (Å²) >= 11 is 0. The van der Waals surface area contributed by atoms with E-state index in [2.05, 4.69) is 65.3 Å². The van der Waals surface area contributed by atoms with Crippen LogP contribution in [0.5, 0.6) is 0 Å². The molecule has 0 amide bonds. The minimum absolute atomic E-state index is 0.964. The monoisotopic (exact) mass is 426 g/mol. The lowest BCUT2D eigenvalue weighted by Gasteiger charge is -2.22. The van der Waals surface area contributed by atoms with Gasteiger partial charge in [-0.05, 0) is 38.4 Å². The van der Waals surface area contributed by atoms with E-state index in [9.17, 15) is 0 Å². The fourth-order valence-electron chi connectivity index (χ4n) is 4.31. The summed E-state index contributed by atoms with van der Waals surface area (Å²) in [5.41, 5.74) is 4.58. The van der Waals surface area contributed by atoms with E-state index >= 15 is 0 Å². The second-order valence-corrected chi connectivity index (χ2v) is 9.06. The molecule has 0 aliphatic rings. The molecule has 1 aromatic heterocycles. The minimum Gasteiger partial charge on any atom is -0.303 e. The van der Waals surface area contributed by atoms with Crippen molar-refractivity contribution in [2.45, 2.75) is 104 Å². The van der Waals surface area contributed by atoms with Crippen LogP contribution < -0.4 is 0 Å². The fraction of sp³-hybridized carbons (Fsp3) is 0.704. The van der Waals surface area contributed by atoms with Gasteiger partial charge in [0.1, 0.15) is 5.69 Å². The highest BCUT2D eigenvalue weighted by Crippen LogP contribution is 2.23. The fourth-order valence-corrected chi connectivity index (χ4v) is 4.31. The van der Waals surface area contributed by atoms with Crippen molar-refractivity contribution in [1.82, 2.24) is 20.3 Å². The van der Waals surface area contributed by atoms with Crippen molar-refractivity contribution in [3.8, 4) is 11.3 Å². The lowest BCUT2D eigenvalue weighted by Crippen LogP contribution is -2.28. The van der Waals surface area contributed by atoms with Crippen molar-refractivity contribution in [3.05, 3.63) is 35.5 Å². The molecule has 0 fully saturated rings. The SMILES string of the molecule is CCCCCCCCN(CCCCCCCC)CCc1n[nH]nc1-c1ccccc1C. The maximum atomic E-state index is 4.50. The van der Waals surface area contributed by atoms with Crippen LogP contribution in [0.1, 0.15) is 102 Å². The van der Waals surface area contributed by atoms with Gasteiger partial charge in [0.25, 0.3) is 0 Å². The molecule has 0 aliphatic heterocycles.